The van der Waals surface area contributed by atoms with Gasteiger partial charge in [0.05, 0.1) is 0 Å². The lowest BCUT2D eigenvalue weighted by molar-refractivity contribution is -0.118. The average molecular weight is 357 g/mol. The Kier molecular flexibility index (Phi) is 5.96. The van der Waals surface area contributed by atoms with Crippen LogP contribution in [0.5, 0.6) is 5.75 Å². The Balaban J connectivity index is 1.58. The molecule has 0 unspecified atom stereocenters. The first-order chi connectivity index (χ1) is 12.3. The fourth-order valence-corrected chi connectivity index (χ4v) is 2.82. The molecule has 25 heavy (non-hydrogen) atoms. The molecular weight excluding hydrogens is 336 g/mol. The van der Waals surface area contributed by atoms with Crippen molar-refractivity contribution in [1.29, 1.82) is 0 Å². The van der Waals surface area contributed by atoms with E-state index in [1.54, 1.807) is 0 Å². The van der Waals surface area contributed by atoms with Gasteiger partial charge in [0, 0.05) is 30.2 Å². The molecular formula is C20H21ClN2O2. The molecule has 3 rings (SSSR count). The van der Waals surface area contributed by atoms with Gasteiger partial charge in [0.1, 0.15) is 18.2 Å². The molecule has 1 amide bonds. The number of benzene rings is 2. The van der Waals surface area contributed by atoms with Gasteiger partial charge in [-0.2, -0.15) is 0 Å². The Morgan fingerprint density at radius 3 is 2.76 bits per heavy atom. The third kappa shape index (κ3) is 4.77. The summed E-state index contributed by atoms with van der Waals surface area (Å²) in [5.41, 5.74) is 2.31. The molecule has 0 aliphatic heterocycles. The van der Waals surface area contributed by atoms with E-state index >= 15 is 0 Å². The lowest BCUT2D eigenvalue weighted by Gasteiger charge is -2.08. The summed E-state index contributed by atoms with van der Waals surface area (Å²) in [6.45, 7) is 2.03. The van der Waals surface area contributed by atoms with Gasteiger partial charge in [0.25, 0.3) is 0 Å². The van der Waals surface area contributed by atoms with Crippen molar-refractivity contribution < 1.29 is 9.53 Å². The predicted molar refractivity (Wildman–Crippen MR) is 101 cm³/mol. The van der Waals surface area contributed by atoms with Crippen LogP contribution >= 0.6 is 11.6 Å². The number of nitrogens with one attached hydrogen (secondary N) is 1. The van der Waals surface area contributed by atoms with Gasteiger partial charge in [-0.05, 0) is 36.2 Å². The van der Waals surface area contributed by atoms with Gasteiger partial charge in [-0.15, -0.1) is 11.6 Å². The Bertz CT molecular complexity index is 830. The van der Waals surface area contributed by atoms with E-state index in [9.17, 15) is 4.79 Å². The zero-order valence-corrected chi connectivity index (χ0v) is 14.7. The highest BCUT2D eigenvalue weighted by Gasteiger charge is 2.04. The van der Waals surface area contributed by atoms with Gasteiger partial charge in [0.15, 0.2) is 0 Å². The highest BCUT2D eigenvalue weighted by atomic mass is 35.5. The molecule has 3 aromatic rings. The molecule has 4 nitrogen and oxygen atoms in total. The average Bonchev–Trinajstić information content (AvgIpc) is 3.06. The molecule has 0 saturated carbocycles. The second-order valence-corrected chi connectivity index (χ2v) is 6.11. The number of amides is 1. The molecule has 5 heteroatoms. The number of aromatic nitrogens is 1. The molecule has 0 aliphatic rings. The second kappa shape index (κ2) is 8.58. The summed E-state index contributed by atoms with van der Waals surface area (Å²) in [5, 5.41) is 3.93. The first-order valence-electron chi connectivity index (χ1n) is 8.34. The number of carbonyl (C=O) groups excluding carboxylic acids is 1. The van der Waals surface area contributed by atoms with Gasteiger partial charge in [-0.3, -0.25) is 4.79 Å². The molecule has 1 heterocycles. The Morgan fingerprint density at radius 2 is 1.96 bits per heavy atom. The topological polar surface area (TPSA) is 43.3 Å². The number of nitrogens with zero attached hydrogens (tertiary/aromatic N) is 1. The number of carbonyl (C=O) groups is 1. The van der Waals surface area contributed by atoms with E-state index in [0.717, 1.165) is 35.2 Å². The van der Waals surface area contributed by atoms with Crippen molar-refractivity contribution in [1.82, 2.24) is 9.88 Å². The minimum atomic E-state index is -0.126. The fourth-order valence-electron chi connectivity index (χ4n) is 2.73. The largest absolute Gasteiger partial charge is 0.489 e. The van der Waals surface area contributed by atoms with Gasteiger partial charge in [0.2, 0.25) is 5.91 Å². The Morgan fingerprint density at radius 1 is 1.12 bits per heavy atom. The number of hydrogen-bond donors (Lipinski definition) is 1. The lowest BCUT2D eigenvalue weighted by Crippen LogP contribution is -2.26. The molecule has 0 bridgehead atoms. The number of rotatable bonds is 8. The van der Waals surface area contributed by atoms with Crippen LogP contribution in [0, 0.1) is 0 Å². The molecule has 0 saturated heterocycles. The number of halogens is 1. The monoisotopic (exact) mass is 356 g/mol. The standard InChI is InChI=1S/C20H21ClN2O2/c21-14-20(24)22-10-4-11-23-12-9-17-13-18(7-8-19(17)23)25-15-16-5-2-1-3-6-16/h1-3,5-9,12-13H,4,10-11,14-15H2,(H,22,24). The summed E-state index contributed by atoms with van der Waals surface area (Å²) in [4.78, 5) is 11.1. The van der Waals surface area contributed by atoms with Crippen LogP contribution in [0.15, 0.2) is 60.8 Å². The molecule has 0 spiro atoms. The third-order valence-corrected chi connectivity index (χ3v) is 4.25. The minimum absolute atomic E-state index is 0.0121. The molecule has 1 aromatic heterocycles. The maximum absolute atomic E-state index is 11.1. The van der Waals surface area contributed by atoms with Crippen molar-refractivity contribution in [2.45, 2.75) is 19.6 Å². The smallest absolute Gasteiger partial charge is 0.234 e. The summed E-state index contributed by atoms with van der Waals surface area (Å²) in [7, 11) is 0. The van der Waals surface area contributed by atoms with E-state index in [1.165, 1.54) is 0 Å². The number of fused-ring (bicyclic) bond motifs is 1. The van der Waals surface area contributed by atoms with Crippen LogP contribution in [-0.4, -0.2) is 22.9 Å². The van der Waals surface area contributed by atoms with E-state index in [1.807, 2.05) is 24.3 Å². The molecule has 1 N–H and O–H groups in total. The van der Waals surface area contributed by atoms with Gasteiger partial charge in [-0.25, -0.2) is 0 Å². The van der Waals surface area contributed by atoms with E-state index in [2.05, 4.69) is 46.4 Å². The zero-order valence-electron chi connectivity index (χ0n) is 14.0. The molecule has 0 aliphatic carbocycles. The summed E-state index contributed by atoms with van der Waals surface area (Å²) < 4.78 is 8.06. The summed E-state index contributed by atoms with van der Waals surface area (Å²) in [6.07, 6.45) is 2.92. The van der Waals surface area contributed by atoms with Crippen LogP contribution in [0.1, 0.15) is 12.0 Å². The summed E-state index contributed by atoms with van der Waals surface area (Å²) >= 11 is 5.46. The van der Waals surface area contributed by atoms with Crippen molar-refractivity contribution in [3.8, 4) is 5.75 Å². The maximum atomic E-state index is 11.1. The van der Waals surface area contributed by atoms with Crippen LogP contribution < -0.4 is 10.1 Å². The molecule has 2 aromatic carbocycles. The van der Waals surface area contributed by atoms with Crippen molar-refractivity contribution in [2.75, 3.05) is 12.4 Å². The predicted octanol–water partition coefficient (Wildman–Crippen LogP) is 3.97. The fraction of sp³-hybridized carbons (Fsp3) is 0.250. The van der Waals surface area contributed by atoms with Gasteiger partial charge < -0.3 is 14.6 Å². The zero-order chi connectivity index (χ0) is 17.5. The maximum Gasteiger partial charge on any atom is 0.234 e. The normalized spacial score (nSPS) is 10.8. The van der Waals surface area contributed by atoms with E-state index in [0.29, 0.717) is 13.2 Å². The Labute approximate surface area is 152 Å². The quantitative estimate of drug-likeness (QED) is 0.490. The van der Waals surface area contributed by atoms with Gasteiger partial charge in [-0.1, -0.05) is 30.3 Å². The van der Waals surface area contributed by atoms with Crippen molar-refractivity contribution >= 4 is 28.4 Å². The van der Waals surface area contributed by atoms with Crippen LogP contribution in [0.4, 0.5) is 0 Å². The SMILES string of the molecule is O=C(CCl)NCCCn1ccc2cc(OCc3ccccc3)ccc21. The highest BCUT2D eigenvalue weighted by Crippen LogP contribution is 2.23. The first kappa shape index (κ1) is 17.4. The van der Waals surface area contributed by atoms with E-state index in [4.69, 9.17) is 16.3 Å². The number of alkyl halides is 1. The molecule has 0 radical (unpaired) electrons. The molecule has 0 fully saturated rings. The Hall–Kier alpha value is -2.46. The summed E-state index contributed by atoms with van der Waals surface area (Å²) in [5.74, 6) is 0.751. The van der Waals surface area contributed by atoms with Gasteiger partial charge >= 0.3 is 0 Å². The van der Waals surface area contributed by atoms with Crippen LogP contribution in [-0.2, 0) is 17.9 Å². The summed E-state index contributed by atoms with van der Waals surface area (Å²) in [6, 6.07) is 18.3. The van der Waals surface area contributed by atoms with E-state index < -0.39 is 0 Å². The van der Waals surface area contributed by atoms with Crippen LogP contribution in [0.2, 0.25) is 0 Å². The number of aryl methyl sites for hydroxylation is 1. The lowest BCUT2D eigenvalue weighted by atomic mass is 10.2. The highest BCUT2D eigenvalue weighted by molar-refractivity contribution is 6.27. The van der Waals surface area contributed by atoms with E-state index in [-0.39, 0.29) is 11.8 Å². The van der Waals surface area contributed by atoms with Crippen LogP contribution in [0.25, 0.3) is 10.9 Å². The number of ether oxygens (including phenoxy) is 1. The second-order valence-electron chi connectivity index (χ2n) is 5.84. The first-order valence-corrected chi connectivity index (χ1v) is 8.88. The molecule has 130 valence electrons. The van der Waals surface area contributed by atoms with Crippen molar-refractivity contribution in [2.24, 2.45) is 0 Å². The van der Waals surface area contributed by atoms with Crippen molar-refractivity contribution in [3.63, 3.8) is 0 Å². The molecule has 0 atom stereocenters. The van der Waals surface area contributed by atoms with Crippen molar-refractivity contribution in [3.05, 3.63) is 66.4 Å². The third-order valence-electron chi connectivity index (χ3n) is 4.01. The number of hydrogen-bond acceptors (Lipinski definition) is 2. The minimum Gasteiger partial charge on any atom is -0.489 e. The van der Waals surface area contributed by atoms with Crippen LogP contribution in [0.3, 0.4) is 0 Å².